The molecule has 4 nitrogen and oxygen atoms in total. The maximum Gasteiger partial charge on any atom is 0.307 e. The lowest BCUT2D eigenvalue weighted by molar-refractivity contribution is -0.678. The molecule has 0 amide bonds. The van der Waals surface area contributed by atoms with E-state index in [2.05, 4.69) is 6.92 Å². The van der Waals surface area contributed by atoms with Crippen LogP contribution < -0.4 is 4.57 Å². The third-order valence-electron chi connectivity index (χ3n) is 2.25. The van der Waals surface area contributed by atoms with Gasteiger partial charge in [-0.3, -0.25) is 4.79 Å². The molecule has 0 aliphatic heterocycles. The van der Waals surface area contributed by atoms with E-state index in [1.165, 1.54) is 5.82 Å². The topological polar surface area (TPSA) is 46.1 Å². The van der Waals surface area contributed by atoms with Gasteiger partial charge in [-0.1, -0.05) is 6.92 Å². The standard InChI is InChI=1S/C10H16N2O2/c1-3-4-9-11(2)7-8-12(9)6-5-10(13)14/h7-8H,3-6H2,1-2H3/p+1. The number of carboxylic acid groups (broad SMARTS) is 1. The highest BCUT2D eigenvalue weighted by molar-refractivity contribution is 5.66. The van der Waals surface area contributed by atoms with Crippen LogP contribution in [0.3, 0.4) is 0 Å². The molecule has 1 aromatic heterocycles. The number of carbonyl (C=O) groups is 1. The predicted octanol–water partition coefficient (Wildman–Crippen LogP) is 0.740. The Balaban J connectivity index is 2.70. The van der Waals surface area contributed by atoms with Gasteiger partial charge in [-0.25, -0.2) is 9.13 Å². The number of hydrogen-bond donors (Lipinski definition) is 1. The molecule has 0 fully saturated rings. The fourth-order valence-corrected chi connectivity index (χ4v) is 1.52. The highest BCUT2D eigenvalue weighted by atomic mass is 16.4. The van der Waals surface area contributed by atoms with Gasteiger partial charge >= 0.3 is 5.97 Å². The molecule has 0 aliphatic carbocycles. The van der Waals surface area contributed by atoms with Crippen molar-refractivity contribution in [2.45, 2.75) is 32.7 Å². The van der Waals surface area contributed by atoms with Gasteiger partial charge in [0, 0.05) is 6.42 Å². The number of aromatic nitrogens is 2. The summed E-state index contributed by atoms with van der Waals surface area (Å²) >= 11 is 0. The number of aliphatic carboxylic acids is 1. The molecule has 14 heavy (non-hydrogen) atoms. The van der Waals surface area contributed by atoms with E-state index < -0.39 is 5.97 Å². The Morgan fingerprint density at radius 2 is 2.36 bits per heavy atom. The Hall–Kier alpha value is -1.32. The Morgan fingerprint density at radius 1 is 1.64 bits per heavy atom. The summed E-state index contributed by atoms with van der Waals surface area (Å²) in [7, 11) is 1.99. The van der Waals surface area contributed by atoms with Crippen molar-refractivity contribution in [3.05, 3.63) is 18.2 Å². The normalized spacial score (nSPS) is 10.4. The van der Waals surface area contributed by atoms with E-state index in [1.807, 2.05) is 28.6 Å². The van der Waals surface area contributed by atoms with Gasteiger partial charge in [-0.2, -0.15) is 0 Å². The van der Waals surface area contributed by atoms with Gasteiger partial charge in [0.05, 0.1) is 13.5 Å². The second kappa shape index (κ2) is 4.79. The molecule has 78 valence electrons. The van der Waals surface area contributed by atoms with Crippen LogP contribution in [0.4, 0.5) is 0 Å². The van der Waals surface area contributed by atoms with Crippen molar-refractivity contribution in [1.29, 1.82) is 0 Å². The van der Waals surface area contributed by atoms with Crippen LogP contribution in [0.2, 0.25) is 0 Å². The van der Waals surface area contributed by atoms with E-state index in [9.17, 15) is 4.79 Å². The first-order valence-corrected chi connectivity index (χ1v) is 4.90. The number of nitrogens with zero attached hydrogens (tertiary/aromatic N) is 2. The molecule has 1 rings (SSSR count). The van der Waals surface area contributed by atoms with Crippen molar-refractivity contribution in [3.63, 3.8) is 0 Å². The SMILES string of the molecule is CCCc1n(CCC(=O)O)cc[n+]1C. The van der Waals surface area contributed by atoms with E-state index >= 15 is 0 Å². The number of rotatable bonds is 5. The summed E-state index contributed by atoms with van der Waals surface area (Å²) in [4.78, 5) is 10.4. The molecule has 4 heteroatoms. The molecule has 0 aromatic carbocycles. The van der Waals surface area contributed by atoms with Crippen molar-refractivity contribution in [2.24, 2.45) is 7.05 Å². The molecule has 1 aromatic rings. The Labute approximate surface area is 83.8 Å². The number of imidazole rings is 1. The molecule has 0 atom stereocenters. The lowest BCUT2D eigenvalue weighted by Crippen LogP contribution is -2.32. The van der Waals surface area contributed by atoms with Gasteiger partial charge in [0.1, 0.15) is 18.9 Å². The molecule has 1 heterocycles. The average Bonchev–Trinajstić information content (AvgIpc) is 2.46. The zero-order valence-electron chi connectivity index (χ0n) is 8.73. The third kappa shape index (κ3) is 2.58. The quantitative estimate of drug-likeness (QED) is 0.708. The first kappa shape index (κ1) is 10.8. The largest absolute Gasteiger partial charge is 0.481 e. The molecular formula is C10H17N2O2+. The molecule has 0 unspecified atom stereocenters. The Morgan fingerprint density at radius 3 is 2.93 bits per heavy atom. The molecule has 1 N–H and O–H groups in total. The van der Waals surface area contributed by atoms with Crippen LogP contribution in [-0.4, -0.2) is 15.6 Å². The fourth-order valence-electron chi connectivity index (χ4n) is 1.52. The zero-order valence-corrected chi connectivity index (χ0v) is 8.73. The summed E-state index contributed by atoms with van der Waals surface area (Å²) in [6.45, 7) is 2.68. The van der Waals surface area contributed by atoms with Gasteiger partial charge in [0.25, 0.3) is 5.82 Å². The van der Waals surface area contributed by atoms with Crippen LogP contribution in [0.1, 0.15) is 25.6 Å². The zero-order chi connectivity index (χ0) is 10.6. The number of hydrogen-bond acceptors (Lipinski definition) is 1. The predicted molar refractivity (Wildman–Crippen MR) is 51.9 cm³/mol. The molecule has 0 radical (unpaired) electrons. The second-order valence-electron chi connectivity index (χ2n) is 3.41. The average molecular weight is 197 g/mol. The minimum Gasteiger partial charge on any atom is -0.481 e. The van der Waals surface area contributed by atoms with Gasteiger partial charge < -0.3 is 5.11 Å². The highest BCUT2D eigenvalue weighted by Crippen LogP contribution is 2.00. The van der Waals surface area contributed by atoms with E-state index in [0.717, 1.165) is 12.8 Å². The first-order valence-electron chi connectivity index (χ1n) is 4.90. The van der Waals surface area contributed by atoms with Gasteiger partial charge in [0.2, 0.25) is 0 Å². The first-order chi connectivity index (χ1) is 6.65. The minimum atomic E-state index is -0.746. The van der Waals surface area contributed by atoms with Gasteiger partial charge in [-0.05, 0) is 6.42 Å². The van der Waals surface area contributed by atoms with Gasteiger partial charge in [-0.15, -0.1) is 0 Å². The molecule has 0 spiro atoms. The Bertz CT molecular complexity index is 318. The van der Waals surface area contributed by atoms with Crippen molar-refractivity contribution in [3.8, 4) is 0 Å². The van der Waals surface area contributed by atoms with Crippen molar-refractivity contribution >= 4 is 5.97 Å². The van der Waals surface area contributed by atoms with Gasteiger partial charge in [0.15, 0.2) is 0 Å². The van der Waals surface area contributed by atoms with Crippen LogP contribution in [0, 0.1) is 0 Å². The summed E-state index contributed by atoms with van der Waals surface area (Å²) < 4.78 is 4.06. The molecular weight excluding hydrogens is 180 g/mol. The second-order valence-corrected chi connectivity index (χ2v) is 3.41. The van der Waals surface area contributed by atoms with E-state index in [-0.39, 0.29) is 6.42 Å². The van der Waals surface area contributed by atoms with Crippen LogP contribution >= 0.6 is 0 Å². The van der Waals surface area contributed by atoms with Crippen molar-refractivity contribution in [2.75, 3.05) is 0 Å². The molecule has 0 aliphatic rings. The summed E-state index contributed by atoms with van der Waals surface area (Å²) in [6.07, 6.45) is 6.15. The van der Waals surface area contributed by atoms with Crippen molar-refractivity contribution in [1.82, 2.24) is 4.57 Å². The van der Waals surface area contributed by atoms with Crippen molar-refractivity contribution < 1.29 is 14.5 Å². The molecule has 0 saturated heterocycles. The van der Waals surface area contributed by atoms with Crippen LogP contribution in [0.25, 0.3) is 0 Å². The maximum atomic E-state index is 10.4. The molecule has 0 bridgehead atoms. The van der Waals surface area contributed by atoms with Crippen LogP contribution in [0.15, 0.2) is 12.4 Å². The van der Waals surface area contributed by atoms with E-state index in [4.69, 9.17) is 5.11 Å². The van der Waals surface area contributed by atoms with E-state index in [0.29, 0.717) is 6.54 Å². The third-order valence-corrected chi connectivity index (χ3v) is 2.25. The fraction of sp³-hybridized carbons (Fsp3) is 0.600. The number of aryl methyl sites for hydroxylation is 2. The highest BCUT2D eigenvalue weighted by Gasteiger charge is 2.13. The van der Waals surface area contributed by atoms with E-state index in [1.54, 1.807) is 0 Å². The number of carboxylic acids is 1. The Kier molecular flexibility index (Phi) is 3.68. The molecule has 0 saturated carbocycles. The summed E-state index contributed by atoms with van der Waals surface area (Å²) in [5, 5.41) is 8.58. The monoisotopic (exact) mass is 197 g/mol. The van der Waals surface area contributed by atoms with Crippen LogP contribution in [-0.2, 0) is 24.8 Å². The smallest absolute Gasteiger partial charge is 0.307 e. The minimum absolute atomic E-state index is 0.186. The summed E-state index contributed by atoms with van der Waals surface area (Å²) in [5.74, 6) is 0.442. The summed E-state index contributed by atoms with van der Waals surface area (Å²) in [6, 6.07) is 0. The lowest BCUT2D eigenvalue weighted by Gasteiger charge is -1.99. The summed E-state index contributed by atoms with van der Waals surface area (Å²) in [5.41, 5.74) is 0. The maximum absolute atomic E-state index is 10.4. The van der Waals surface area contributed by atoms with Crippen LogP contribution in [0.5, 0.6) is 0 Å². The lowest BCUT2D eigenvalue weighted by atomic mass is 10.3.